The topological polar surface area (TPSA) is 32.3 Å². The maximum absolute atomic E-state index is 12.4. The number of hydrogen-bond donors (Lipinski definition) is 2. The molecule has 2 N–H and O–H groups in total. The minimum absolute atomic E-state index is 0.265. The van der Waals surface area contributed by atoms with Gasteiger partial charge in [0.1, 0.15) is 0 Å². The molecule has 0 aromatic heterocycles. The number of alkyl halides is 3. The summed E-state index contributed by atoms with van der Waals surface area (Å²) in [4.78, 5) is 0. The summed E-state index contributed by atoms with van der Waals surface area (Å²) in [6.07, 6.45) is -3.95. The molecule has 1 aliphatic heterocycles. The summed E-state index contributed by atoms with van der Waals surface area (Å²) in [6, 6.07) is 3.55. The number of hydrogen-bond acceptors (Lipinski definition) is 2. The van der Waals surface area contributed by atoms with E-state index in [9.17, 15) is 18.3 Å². The first-order valence-electron chi connectivity index (χ1n) is 4.94. The first-order valence-corrected chi connectivity index (χ1v) is 4.94. The van der Waals surface area contributed by atoms with Crippen molar-refractivity contribution in [1.82, 2.24) is 0 Å². The van der Waals surface area contributed by atoms with Crippen LogP contribution in [0.25, 0.3) is 0 Å². The molecule has 2 nitrogen and oxygen atoms in total. The van der Waals surface area contributed by atoms with Gasteiger partial charge in [-0.25, -0.2) is 0 Å². The van der Waals surface area contributed by atoms with E-state index in [0.717, 1.165) is 12.1 Å². The van der Waals surface area contributed by atoms with E-state index in [0.29, 0.717) is 17.7 Å². The van der Waals surface area contributed by atoms with Gasteiger partial charge in [-0.1, -0.05) is 6.07 Å². The number of β-amino-alcohol motifs (C(OH)–C–C–N with tert-alkyl or cyclic N) is 1. The molecule has 1 aliphatic rings. The van der Waals surface area contributed by atoms with Crippen molar-refractivity contribution in [1.29, 1.82) is 0 Å². The molecule has 2 rings (SSSR count). The maximum atomic E-state index is 12.4. The van der Waals surface area contributed by atoms with E-state index in [4.69, 9.17) is 0 Å². The highest BCUT2D eigenvalue weighted by Gasteiger charge is 2.33. The Hall–Kier alpha value is -1.23. The number of fused-ring (bicyclic) bond motifs is 1. The van der Waals surface area contributed by atoms with E-state index in [-0.39, 0.29) is 6.54 Å². The Morgan fingerprint density at radius 3 is 2.69 bits per heavy atom. The van der Waals surface area contributed by atoms with Crippen LogP contribution in [0.4, 0.5) is 18.9 Å². The second kappa shape index (κ2) is 3.38. The first kappa shape index (κ1) is 11.3. The molecule has 0 aliphatic carbocycles. The Morgan fingerprint density at radius 1 is 1.38 bits per heavy atom. The molecule has 1 atom stereocenters. The van der Waals surface area contributed by atoms with Gasteiger partial charge in [-0.2, -0.15) is 13.2 Å². The second-order valence-electron chi connectivity index (χ2n) is 4.40. The molecule has 0 bridgehead atoms. The molecule has 1 heterocycles. The Labute approximate surface area is 91.1 Å². The fraction of sp³-hybridized carbons (Fsp3) is 0.455. The van der Waals surface area contributed by atoms with Crippen molar-refractivity contribution in [2.24, 2.45) is 0 Å². The van der Waals surface area contributed by atoms with E-state index in [1.165, 1.54) is 6.07 Å². The van der Waals surface area contributed by atoms with Crippen molar-refractivity contribution in [2.75, 3.05) is 11.9 Å². The number of aliphatic hydroxyl groups is 1. The van der Waals surface area contributed by atoms with Crippen LogP contribution in [-0.4, -0.2) is 17.3 Å². The number of nitrogens with one attached hydrogen (secondary N) is 1. The number of rotatable bonds is 0. The van der Waals surface area contributed by atoms with Crippen molar-refractivity contribution in [2.45, 2.75) is 25.1 Å². The fourth-order valence-electron chi connectivity index (χ4n) is 1.83. The molecule has 1 unspecified atom stereocenters. The van der Waals surface area contributed by atoms with Gasteiger partial charge < -0.3 is 10.4 Å². The molecule has 5 heteroatoms. The lowest BCUT2D eigenvalue weighted by molar-refractivity contribution is -0.137. The Kier molecular flexibility index (Phi) is 2.38. The molecule has 0 saturated heterocycles. The highest BCUT2D eigenvalue weighted by Crippen LogP contribution is 2.34. The zero-order valence-corrected chi connectivity index (χ0v) is 8.73. The van der Waals surface area contributed by atoms with Crippen molar-refractivity contribution >= 4 is 5.69 Å². The van der Waals surface area contributed by atoms with Gasteiger partial charge in [-0.05, 0) is 24.6 Å². The molecule has 0 amide bonds. The minimum Gasteiger partial charge on any atom is -0.388 e. The van der Waals surface area contributed by atoms with Gasteiger partial charge in [0.25, 0.3) is 0 Å². The summed E-state index contributed by atoms with van der Waals surface area (Å²) in [7, 11) is 0. The zero-order valence-electron chi connectivity index (χ0n) is 8.73. The summed E-state index contributed by atoms with van der Waals surface area (Å²) < 4.78 is 37.3. The van der Waals surface area contributed by atoms with Crippen LogP contribution in [-0.2, 0) is 12.6 Å². The standard InChI is InChI=1S/C11H12F3NO/c1-10(16)5-7-2-3-8(11(12,13)14)4-9(7)15-6-10/h2-4,15-16H,5-6H2,1H3. The van der Waals surface area contributed by atoms with Gasteiger partial charge >= 0.3 is 6.18 Å². The van der Waals surface area contributed by atoms with Crippen LogP contribution in [0.3, 0.4) is 0 Å². The quantitative estimate of drug-likeness (QED) is 0.718. The van der Waals surface area contributed by atoms with Crippen LogP contribution in [0.5, 0.6) is 0 Å². The van der Waals surface area contributed by atoms with Gasteiger partial charge in [0.2, 0.25) is 0 Å². The number of benzene rings is 1. The highest BCUT2D eigenvalue weighted by atomic mass is 19.4. The lowest BCUT2D eigenvalue weighted by atomic mass is 9.91. The molecule has 0 spiro atoms. The number of halogens is 3. The summed E-state index contributed by atoms with van der Waals surface area (Å²) in [5.41, 5.74) is -0.391. The first-order chi connectivity index (χ1) is 7.28. The van der Waals surface area contributed by atoms with Gasteiger partial charge in [0.15, 0.2) is 0 Å². The number of anilines is 1. The molecule has 1 aromatic carbocycles. The van der Waals surface area contributed by atoms with Crippen molar-refractivity contribution in [3.05, 3.63) is 29.3 Å². The summed E-state index contributed by atoms with van der Waals surface area (Å²) >= 11 is 0. The van der Waals surface area contributed by atoms with Crippen molar-refractivity contribution in [3.8, 4) is 0 Å². The Bertz CT molecular complexity index is 412. The van der Waals surface area contributed by atoms with E-state index >= 15 is 0 Å². The monoisotopic (exact) mass is 231 g/mol. The van der Waals surface area contributed by atoms with Crippen LogP contribution < -0.4 is 5.32 Å². The molecule has 0 fully saturated rings. The third-order valence-electron chi connectivity index (χ3n) is 2.67. The molecular formula is C11H12F3NO. The average molecular weight is 231 g/mol. The predicted octanol–water partition coefficient (Wildman–Crippen LogP) is 2.42. The SMILES string of the molecule is CC1(O)CNc2cc(C(F)(F)F)ccc2C1. The minimum atomic E-state index is -4.32. The van der Waals surface area contributed by atoms with Crippen LogP contribution in [0.2, 0.25) is 0 Å². The normalized spacial score (nSPS) is 24.8. The third-order valence-corrected chi connectivity index (χ3v) is 2.67. The van der Waals surface area contributed by atoms with E-state index in [1.807, 2.05) is 0 Å². The Balaban J connectivity index is 2.36. The van der Waals surface area contributed by atoms with Gasteiger partial charge in [-0.15, -0.1) is 0 Å². The molecule has 1 aromatic rings. The largest absolute Gasteiger partial charge is 0.416 e. The van der Waals surface area contributed by atoms with Gasteiger partial charge in [-0.3, -0.25) is 0 Å². The summed E-state index contributed by atoms with van der Waals surface area (Å²) in [5, 5.41) is 12.6. The van der Waals surface area contributed by atoms with Gasteiger partial charge in [0.05, 0.1) is 11.2 Å². The smallest absolute Gasteiger partial charge is 0.388 e. The summed E-state index contributed by atoms with van der Waals surface area (Å²) in [5.74, 6) is 0. The molecule has 88 valence electrons. The maximum Gasteiger partial charge on any atom is 0.416 e. The van der Waals surface area contributed by atoms with E-state index < -0.39 is 17.3 Å². The average Bonchev–Trinajstić information content (AvgIpc) is 2.14. The highest BCUT2D eigenvalue weighted by molar-refractivity contribution is 5.56. The van der Waals surface area contributed by atoms with Crippen LogP contribution in [0.15, 0.2) is 18.2 Å². The summed E-state index contributed by atoms with van der Waals surface area (Å²) in [6.45, 7) is 1.92. The lowest BCUT2D eigenvalue weighted by Crippen LogP contribution is -2.39. The zero-order chi connectivity index (χ0) is 12.0. The third kappa shape index (κ3) is 2.14. The van der Waals surface area contributed by atoms with Gasteiger partial charge in [0, 0.05) is 18.7 Å². The lowest BCUT2D eigenvalue weighted by Gasteiger charge is -2.31. The molecule has 0 radical (unpaired) electrons. The molecule has 16 heavy (non-hydrogen) atoms. The Morgan fingerprint density at radius 2 is 2.06 bits per heavy atom. The van der Waals surface area contributed by atoms with Crippen LogP contribution >= 0.6 is 0 Å². The van der Waals surface area contributed by atoms with Crippen LogP contribution in [0.1, 0.15) is 18.1 Å². The predicted molar refractivity (Wildman–Crippen MR) is 54.3 cm³/mol. The molecular weight excluding hydrogens is 219 g/mol. The van der Waals surface area contributed by atoms with Crippen molar-refractivity contribution < 1.29 is 18.3 Å². The van der Waals surface area contributed by atoms with E-state index in [2.05, 4.69) is 5.32 Å². The fourth-order valence-corrected chi connectivity index (χ4v) is 1.83. The van der Waals surface area contributed by atoms with Crippen molar-refractivity contribution in [3.63, 3.8) is 0 Å². The molecule has 0 saturated carbocycles. The van der Waals surface area contributed by atoms with E-state index in [1.54, 1.807) is 6.92 Å². The van der Waals surface area contributed by atoms with Crippen LogP contribution in [0, 0.1) is 0 Å². The second-order valence-corrected chi connectivity index (χ2v) is 4.40.